The van der Waals surface area contributed by atoms with E-state index in [9.17, 15) is 4.79 Å². The molecule has 21 heavy (non-hydrogen) atoms. The second-order valence-electron chi connectivity index (χ2n) is 6.16. The lowest BCUT2D eigenvalue weighted by Gasteiger charge is -2.33. The molecule has 0 spiro atoms. The minimum atomic E-state index is 0.279. The van der Waals surface area contributed by atoms with Crippen LogP contribution in [0.25, 0.3) is 0 Å². The molecule has 0 aromatic heterocycles. The molecule has 2 heterocycles. The van der Waals surface area contributed by atoms with Crippen molar-refractivity contribution in [3.8, 4) is 0 Å². The molecule has 2 aliphatic heterocycles. The third-order valence-electron chi connectivity index (χ3n) is 4.41. The van der Waals surface area contributed by atoms with Crippen LogP contribution in [0.1, 0.15) is 29.5 Å². The van der Waals surface area contributed by atoms with Crippen LogP contribution < -0.4 is 10.2 Å². The number of rotatable bonds is 2. The molecule has 2 aliphatic rings. The number of hydrogen-bond donors (Lipinski definition) is 1. The first-order valence-corrected chi connectivity index (χ1v) is 9.02. The van der Waals surface area contributed by atoms with Crippen LogP contribution in [-0.2, 0) is 11.2 Å². The Balaban J connectivity index is 1.79. The lowest BCUT2D eigenvalue weighted by Crippen LogP contribution is -2.44. The molecule has 3 rings (SSSR count). The van der Waals surface area contributed by atoms with Crippen LogP contribution >= 0.6 is 11.8 Å². The Morgan fingerprint density at radius 1 is 1.43 bits per heavy atom. The fourth-order valence-corrected chi connectivity index (χ4v) is 4.36. The fourth-order valence-electron chi connectivity index (χ4n) is 3.41. The summed E-state index contributed by atoms with van der Waals surface area (Å²) in [4.78, 5) is 14.8. The lowest BCUT2D eigenvalue weighted by atomic mass is 9.94. The highest BCUT2D eigenvalue weighted by Crippen LogP contribution is 2.31. The summed E-state index contributed by atoms with van der Waals surface area (Å²) in [6, 6.07) is 4.75. The molecule has 0 radical (unpaired) electrons. The Morgan fingerprint density at radius 2 is 2.29 bits per heavy atom. The van der Waals surface area contributed by atoms with Crippen molar-refractivity contribution in [2.24, 2.45) is 0 Å². The predicted octanol–water partition coefficient (Wildman–Crippen LogP) is 2.68. The quantitative estimate of drug-likeness (QED) is 0.912. The molecule has 4 heteroatoms. The molecule has 0 bridgehead atoms. The monoisotopic (exact) mass is 304 g/mol. The van der Waals surface area contributed by atoms with Crippen molar-refractivity contribution in [2.75, 3.05) is 29.5 Å². The number of benzene rings is 1. The van der Waals surface area contributed by atoms with Gasteiger partial charge < -0.3 is 10.2 Å². The third-order valence-corrected chi connectivity index (χ3v) is 5.54. The van der Waals surface area contributed by atoms with Crippen molar-refractivity contribution in [3.63, 3.8) is 0 Å². The standard InChI is InChI=1S/C17H24N2OS/c1-12-8-13(2)15-4-3-6-19(16(15)9-12)17(20)10-14-11-21-7-5-18-14/h8-9,14,18H,3-7,10-11H2,1-2H3. The summed E-state index contributed by atoms with van der Waals surface area (Å²) < 4.78 is 0. The number of hydrogen-bond acceptors (Lipinski definition) is 3. The van der Waals surface area contributed by atoms with Gasteiger partial charge in [0.25, 0.3) is 0 Å². The van der Waals surface area contributed by atoms with Gasteiger partial charge in [0.1, 0.15) is 0 Å². The first-order valence-electron chi connectivity index (χ1n) is 7.87. The Bertz CT molecular complexity index is 538. The molecule has 1 aromatic carbocycles. The minimum absolute atomic E-state index is 0.279. The minimum Gasteiger partial charge on any atom is -0.312 e. The Morgan fingerprint density at radius 3 is 3.05 bits per heavy atom. The highest BCUT2D eigenvalue weighted by atomic mass is 32.2. The van der Waals surface area contributed by atoms with E-state index in [-0.39, 0.29) is 5.91 Å². The van der Waals surface area contributed by atoms with Crippen LogP contribution in [0.15, 0.2) is 12.1 Å². The fraction of sp³-hybridized carbons (Fsp3) is 0.588. The number of amides is 1. The van der Waals surface area contributed by atoms with Gasteiger partial charge in [0.15, 0.2) is 0 Å². The smallest absolute Gasteiger partial charge is 0.228 e. The first-order chi connectivity index (χ1) is 10.1. The number of anilines is 1. The number of nitrogens with zero attached hydrogens (tertiary/aromatic N) is 1. The summed E-state index contributed by atoms with van der Waals surface area (Å²) >= 11 is 1.95. The highest BCUT2D eigenvalue weighted by molar-refractivity contribution is 7.99. The van der Waals surface area contributed by atoms with E-state index < -0.39 is 0 Å². The first kappa shape index (κ1) is 14.9. The molecule has 114 valence electrons. The van der Waals surface area contributed by atoms with Crippen molar-refractivity contribution in [3.05, 3.63) is 28.8 Å². The molecule has 1 saturated heterocycles. The topological polar surface area (TPSA) is 32.3 Å². The molecule has 0 saturated carbocycles. The average molecular weight is 304 g/mol. The predicted molar refractivity (Wildman–Crippen MR) is 90.3 cm³/mol. The summed E-state index contributed by atoms with van der Waals surface area (Å²) in [6.45, 7) is 6.18. The maximum Gasteiger partial charge on any atom is 0.228 e. The molecular weight excluding hydrogens is 280 g/mol. The number of thioether (sulfide) groups is 1. The Labute approximate surface area is 131 Å². The van der Waals surface area contributed by atoms with E-state index in [1.807, 2.05) is 16.7 Å². The number of fused-ring (bicyclic) bond motifs is 1. The van der Waals surface area contributed by atoms with Gasteiger partial charge in [-0.1, -0.05) is 6.07 Å². The maximum atomic E-state index is 12.7. The van der Waals surface area contributed by atoms with Crippen molar-refractivity contribution >= 4 is 23.4 Å². The van der Waals surface area contributed by atoms with E-state index in [1.165, 1.54) is 16.7 Å². The summed E-state index contributed by atoms with van der Waals surface area (Å²) in [5.41, 5.74) is 5.10. The van der Waals surface area contributed by atoms with Crippen LogP contribution in [0.4, 0.5) is 5.69 Å². The van der Waals surface area contributed by atoms with Gasteiger partial charge in [-0.05, 0) is 49.4 Å². The molecular formula is C17H24N2OS. The third kappa shape index (κ3) is 3.27. The van der Waals surface area contributed by atoms with Crippen LogP contribution in [0.5, 0.6) is 0 Å². The van der Waals surface area contributed by atoms with Crippen LogP contribution in [0.3, 0.4) is 0 Å². The molecule has 0 aliphatic carbocycles. The zero-order valence-corrected chi connectivity index (χ0v) is 13.8. The summed E-state index contributed by atoms with van der Waals surface area (Å²) in [5, 5.41) is 3.47. The molecule has 1 atom stereocenters. The zero-order valence-electron chi connectivity index (χ0n) is 12.9. The van der Waals surface area contributed by atoms with E-state index in [0.717, 1.165) is 43.1 Å². The highest BCUT2D eigenvalue weighted by Gasteiger charge is 2.26. The van der Waals surface area contributed by atoms with Gasteiger partial charge in [-0.2, -0.15) is 11.8 Å². The normalized spacial score (nSPS) is 22.0. The van der Waals surface area contributed by atoms with Gasteiger partial charge in [-0.25, -0.2) is 0 Å². The van der Waals surface area contributed by atoms with E-state index in [0.29, 0.717) is 12.5 Å². The zero-order chi connectivity index (χ0) is 14.8. The molecule has 1 unspecified atom stereocenters. The number of aryl methyl sites for hydroxylation is 2. The number of carbonyl (C=O) groups excluding carboxylic acids is 1. The van der Waals surface area contributed by atoms with Crippen LogP contribution in [0, 0.1) is 13.8 Å². The molecule has 1 fully saturated rings. The van der Waals surface area contributed by atoms with Crippen molar-refractivity contribution < 1.29 is 4.79 Å². The Hall–Kier alpha value is -1.000. The molecule has 3 nitrogen and oxygen atoms in total. The second kappa shape index (κ2) is 6.41. The summed E-state index contributed by atoms with van der Waals surface area (Å²) in [5.74, 6) is 2.50. The SMILES string of the molecule is Cc1cc(C)c2c(c1)N(C(=O)CC1CSCCN1)CCC2. The van der Waals surface area contributed by atoms with E-state index >= 15 is 0 Å². The maximum absolute atomic E-state index is 12.7. The second-order valence-corrected chi connectivity index (χ2v) is 7.31. The lowest BCUT2D eigenvalue weighted by molar-refractivity contribution is -0.119. The van der Waals surface area contributed by atoms with Gasteiger partial charge in [0.2, 0.25) is 5.91 Å². The Kier molecular flexibility index (Phi) is 4.55. The van der Waals surface area contributed by atoms with Crippen molar-refractivity contribution in [1.82, 2.24) is 5.32 Å². The summed E-state index contributed by atoms with van der Waals surface area (Å²) in [7, 11) is 0. The average Bonchev–Trinajstić information content (AvgIpc) is 2.47. The molecule has 1 amide bonds. The van der Waals surface area contributed by atoms with Gasteiger partial charge in [-0.15, -0.1) is 0 Å². The number of nitrogens with one attached hydrogen (secondary N) is 1. The van der Waals surface area contributed by atoms with E-state index in [2.05, 4.69) is 31.3 Å². The van der Waals surface area contributed by atoms with Crippen LogP contribution in [-0.4, -0.2) is 36.5 Å². The van der Waals surface area contributed by atoms with Gasteiger partial charge >= 0.3 is 0 Å². The van der Waals surface area contributed by atoms with Gasteiger partial charge in [0.05, 0.1) is 0 Å². The van der Waals surface area contributed by atoms with Gasteiger partial charge in [-0.3, -0.25) is 4.79 Å². The van der Waals surface area contributed by atoms with Crippen molar-refractivity contribution in [1.29, 1.82) is 0 Å². The molecule has 1 aromatic rings. The van der Waals surface area contributed by atoms with E-state index in [4.69, 9.17) is 0 Å². The molecule has 1 N–H and O–H groups in total. The van der Waals surface area contributed by atoms with Gasteiger partial charge in [0, 0.05) is 42.7 Å². The largest absolute Gasteiger partial charge is 0.312 e. The van der Waals surface area contributed by atoms with E-state index in [1.54, 1.807) is 0 Å². The van der Waals surface area contributed by atoms with Crippen molar-refractivity contribution in [2.45, 2.75) is 39.2 Å². The summed E-state index contributed by atoms with van der Waals surface area (Å²) in [6.07, 6.45) is 2.80. The number of carbonyl (C=O) groups is 1. The van der Waals surface area contributed by atoms with Crippen LogP contribution in [0.2, 0.25) is 0 Å².